The van der Waals surface area contributed by atoms with Gasteiger partial charge in [-0.05, 0) is 12.1 Å². The Morgan fingerprint density at radius 1 is 1.38 bits per heavy atom. The highest BCUT2D eigenvalue weighted by atomic mass is 32.3. The predicted octanol–water partition coefficient (Wildman–Crippen LogP) is 1.12. The smallest absolute Gasteiger partial charge is 0.258 e. The van der Waals surface area contributed by atoms with Gasteiger partial charge in [0.05, 0.1) is 11.2 Å². The molecule has 1 rings (SSSR count). The number of benzene rings is 1. The zero-order chi connectivity index (χ0) is 12.3. The Hall–Kier alpha value is -1.25. The summed E-state index contributed by atoms with van der Waals surface area (Å²) in [6.45, 7) is 0. The van der Waals surface area contributed by atoms with E-state index in [9.17, 15) is 18.5 Å². The van der Waals surface area contributed by atoms with Crippen LogP contribution in [0, 0.1) is 10.1 Å². The summed E-state index contributed by atoms with van der Waals surface area (Å²) in [5, 5.41) is 10.4. The Morgan fingerprint density at radius 3 is 2.25 bits per heavy atom. The molecule has 0 spiro atoms. The fourth-order valence-electron chi connectivity index (χ4n) is 0.963. The van der Waals surface area contributed by atoms with Crippen LogP contribution in [0.5, 0.6) is 0 Å². The highest BCUT2D eigenvalue weighted by Gasteiger charge is 2.07. The number of non-ortho nitro benzene ring substituents is 1. The van der Waals surface area contributed by atoms with Crippen molar-refractivity contribution in [2.75, 3.05) is 6.26 Å². The minimum Gasteiger partial charge on any atom is -0.258 e. The van der Waals surface area contributed by atoms with Gasteiger partial charge in [0, 0.05) is 17.0 Å². The Morgan fingerprint density at radius 2 is 1.88 bits per heavy atom. The van der Waals surface area contributed by atoms with Crippen LogP contribution >= 0.6 is 10.7 Å². The van der Waals surface area contributed by atoms with Crippen molar-refractivity contribution in [3.8, 4) is 0 Å². The molecule has 88 valence electrons. The van der Waals surface area contributed by atoms with Gasteiger partial charge >= 0.3 is 0 Å². The molecule has 16 heavy (non-hydrogen) atoms. The molecule has 8 heteroatoms. The van der Waals surface area contributed by atoms with Gasteiger partial charge in [-0.25, -0.2) is 8.42 Å². The lowest BCUT2D eigenvalue weighted by Crippen LogP contribution is -2.15. The first-order valence-electron chi connectivity index (χ1n) is 4.05. The summed E-state index contributed by atoms with van der Waals surface area (Å²) >= 11 is 0. The van der Waals surface area contributed by atoms with Crippen molar-refractivity contribution in [3.05, 3.63) is 34.4 Å². The van der Waals surface area contributed by atoms with Crippen molar-refractivity contribution >= 4 is 32.3 Å². The van der Waals surface area contributed by atoms with E-state index in [4.69, 9.17) is 0 Å². The molecule has 1 aromatic rings. The number of nitro groups is 1. The maximum absolute atomic E-state index is 10.9. The van der Waals surface area contributed by atoms with Crippen molar-refractivity contribution in [2.45, 2.75) is 4.90 Å². The van der Waals surface area contributed by atoms with Gasteiger partial charge in [0.15, 0.2) is 0 Å². The fraction of sp³-hybridized carbons (Fsp3) is 0.125. The number of rotatable bonds is 4. The third-order valence-electron chi connectivity index (χ3n) is 1.58. The summed E-state index contributed by atoms with van der Waals surface area (Å²) < 4.78 is 24.2. The summed E-state index contributed by atoms with van der Waals surface area (Å²) in [6.07, 6.45) is 1.03. The van der Waals surface area contributed by atoms with E-state index in [2.05, 4.69) is 10.00 Å². The number of sulfonamides is 1. The molecule has 0 amide bonds. The van der Waals surface area contributed by atoms with E-state index in [1.807, 2.05) is 0 Å². The normalized spacial score (nSPS) is 13.3. The summed E-state index contributed by atoms with van der Waals surface area (Å²) in [4.78, 5) is 10.5. The highest BCUT2D eigenvalue weighted by molar-refractivity contribution is 8.19. The molecule has 0 aliphatic carbocycles. The van der Waals surface area contributed by atoms with Crippen LogP contribution in [0.2, 0.25) is 0 Å². The molecule has 6 nitrogen and oxygen atoms in total. The van der Waals surface area contributed by atoms with Gasteiger partial charge < -0.3 is 0 Å². The molecule has 0 aromatic heterocycles. The van der Waals surface area contributed by atoms with Gasteiger partial charge in [-0.2, -0.15) is 4.13 Å². The molecule has 1 atom stereocenters. The molecule has 0 saturated heterocycles. The summed E-state index contributed by atoms with van der Waals surface area (Å²) in [6, 6.07) is 5.58. The van der Waals surface area contributed by atoms with E-state index in [-0.39, 0.29) is 5.69 Å². The molecule has 0 aliphatic rings. The number of hydrogen-bond donors (Lipinski definition) is 1. The van der Waals surface area contributed by atoms with Crippen LogP contribution in [0.1, 0.15) is 0 Å². The number of nitrogens with one attached hydrogen (secondary N) is 1. The molecule has 0 saturated carbocycles. The standard InChI is InChI=1S/C8H10N2O4S2/c1-15(9-16(2,13)14)8-5-3-7(4-6-8)10(11)12/h3-6,9H,1H2,2H3. The second-order valence-corrected chi connectivity index (χ2v) is 6.46. The van der Waals surface area contributed by atoms with Crippen LogP contribution < -0.4 is 4.13 Å². The Labute approximate surface area is 95.6 Å². The van der Waals surface area contributed by atoms with E-state index < -0.39 is 25.6 Å². The molecule has 1 unspecified atom stereocenters. The van der Waals surface area contributed by atoms with Crippen LogP contribution in [-0.2, 0) is 10.0 Å². The third-order valence-corrected chi connectivity index (χ3v) is 4.44. The van der Waals surface area contributed by atoms with E-state index in [1.165, 1.54) is 24.3 Å². The van der Waals surface area contributed by atoms with Crippen LogP contribution in [0.4, 0.5) is 5.69 Å². The SMILES string of the molecule is C=S(NS(C)(=O)=O)c1ccc([N+](=O)[O-])cc1. The van der Waals surface area contributed by atoms with Gasteiger partial charge in [-0.3, -0.25) is 10.1 Å². The molecular weight excluding hydrogens is 252 g/mol. The van der Waals surface area contributed by atoms with Crippen molar-refractivity contribution in [2.24, 2.45) is 0 Å². The van der Waals surface area contributed by atoms with Gasteiger partial charge in [-0.1, -0.05) is 16.5 Å². The minimum absolute atomic E-state index is 0.0416. The van der Waals surface area contributed by atoms with Crippen LogP contribution in [0.15, 0.2) is 29.2 Å². The average Bonchev–Trinajstić information content (AvgIpc) is 2.15. The van der Waals surface area contributed by atoms with Crippen LogP contribution in [-0.4, -0.2) is 25.5 Å². The third kappa shape index (κ3) is 3.72. The summed E-state index contributed by atoms with van der Waals surface area (Å²) in [7, 11) is -4.27. The van der Waals surface area contributed by atoms with E-state index in [1.54, 1.807) is 0 Å². The molecule has 1 N–H and O–H groups in total. The Bertz CT molecular complexity index is 521. The lowest BCUT2D eigenvalue weighted by atomic mass is 10.3. The fourth-order valence-corrected chi connectivity index (χ4v) is 3.27. The van der Waals surface area contributed by atoms with Gasteiger partial charge in [0.1, 0.15) is 0 Å². The molecule has 0 bridgehead atoms. The molecule has 0 fully saturated rings. The topological polar surface area (TPSA) is 89.3 Å². The molecule has 0 radical (unpaired) electrons. The second kappa shape index (κ2) is 4.73. The maximum Gasteiger partial charge on any atom is 0.269 e. The Balaban J connectivity index is 2.90. The lowest BCUT2D eigenvalue weighted by molar-refractivity contribution is -0.384. The maximum atomic E-state index is 10.9. The highest BCUT2D eigenvalue weighted by Crippen LogP contribution is 2.23. The van der Waals surface area contributed by atoms with Gasteiger partial charge in [0.25, 0.3) is 5.69 Å². The molecule has 0 heterocycles. The quantitative estimate of drug-likeness (QED) is 0.500. The van der Waals surface area contributed by atoms with E-state index in [0.29, 0.717) is 4.90 Å². The second-order valence-electron chi connectivity index (χ2n) is 3.00. The largest absolute Gasteiger partial charge is 0.269 e. The average molecular weight is 262 g/mol. The molecular formula is C8H10N2O4S2. The van der Waals surface area contributed by atoms with Gasteiger partial charge in [-0.15, -0.1) is 0 Å². The summed E-state index contributed by atoms with van der Waals surface area (Å²) in [5.41, 5.74) is -0.0416. The number of nitro benzene ring substituents is 1. The first kappa shape index (κ1) is 12.8. The van der Waals surface area contributed by atoms with Crippen molar-refractivity contribution in [1.29, 1.82) is 0 Å². The van der Waals surface area contributed by atoms with Crippen LogP contribution in [0.3, 0.4) is 0 Å². The van der Waals surface area contributed by atoms with Crippen LogP contribution in [0.25, 0.3) is 0 Å². The number of nitrogens with zero attached hydrogens (tertiary/aromatic N) is 1. The summed E-state index contributed by atoms with van der Waals surface area (Å²) in [5.74, 6) is 3.64. The zero-order valence-corrected chi connectivity index (χ0v) is 10.0. The van der Waals surface area contributed by atoms with E-state index >= 15 is 0 Å². The Kier molecular flexibility index (Phi) is 3.79. The van der Waals surface area contributed by atoms with E-state index in [0.717, 1.165) is 6.26 Å². The first-order valence-corrected chi connectivity index (χ1v) is 7.34. The monoisotopic (exact) mass is 262 g/mol. The molecule has 0 aliphatic heterocycles. The minimum atomic E-state index is -3.33. The van der Waals surface area contributed by atoms with Crippen molar-refractivity contribution in [1.82, 2.24) is 4.13 Å². The predicted molar refractivity (Wildman–Crippen MR) is 64.1 cm³/mol. The van der Waals surface area contributed by atoms with Gasteiger partial charge in [0.2, 0.25) is 10.0 Å². The lowest BCUT2D eigenvalue weighted by Gasteiger charge is -2.07. The first-order chi connectivity index (χ1) is 7.29. The number of hydrogen-bond acceptors (Lipinski definition) is 4. The van der Waals surface area contributed by atoms with Crippen molar-refractivity contribution < 1.29 is 13.3 Å². The van der Waals surface area contributed by atoms with Crippen molar-refractivity contribution in [3.63, 3.8) is 0 Å². The molecule has 1 aromatic carbocycles. The zero-order valence-electron chi connectivity index (χ0n) is 8.41.